The van der Waals surface area contributed by atoms with Crippen molar-refractivity contribution < 1.29 is 4.74 Å². The number of hydrogen-bond acceptors (Lipinski definition) is 11. The van der Waals surface area contributed by atoms with Crippen molar-refractivity contribution in [2.45, 2.75) is 25.7 Å². The van der Waals surface area contributed by atoms with Gasteiger partial charge in [-0.3, -0.25) is 10.2 Å². The fourth-order valence-electron chi connectivity index (χ4n) is 3.98. The van der Waals surface area contributed by atoms with Crippen molar-refractivity contribution in [2.24, 2.45) is 0 Å². The molecule has 0 saturated heterocycles. The average Bonchev–Trinajstić information content (AvgIpc) is 3.40. The van der Waals surface area contributed by atoms with Gasteiger partial charge in [0, 0.05) is 52.0 Å². The predicted molar refractivity (Wildman–Crippen MR) is 158 cm³/mol. The third-order valence-corrected chi connectivity index (χ3v) is 7.69. The summed E-state index contributed by atoms with van der Waals surface area (Å²) in [5.41, 5.74) is 5.15. The number of aryl methyl sites for hydroxylation is 1. The molecule has 0 bridgehead atoms. The highest BCUT2D eigenvalue weighted by Gasteiger charge is 2.29. The lowest BCUT2D eigenvalue weighted by Gasteiger charge is -2.03. The number of H-pyrrole nitrogens is 2. The molecule has 0 unspecified atom stereocenters. The summed E-state index contributed by atoms with van der Waals surface area (Å²) in [6.07, 6.45) is 9.76. The van der Waals surface area contributed by atoms with E-state index in [1.165, 1.54) is 12.8 Å². The third-order valence-electron chi connectivity index (χ3n) is 6.05. The summed E-state index contributed by atoms with van der Waals surface area (Å²) in [6.45, 7) is 2.03. The molecule has 0 spiro atoms. The van der Waals surface area contributed by atoms with Crippen LogP contribution in [0.25, 0.3) is 22.5 Å². The lowest BCUT2D eigenvalue weighted by atomic mass is 10.1. The van der Waals surface area contributed by atoms with Crippen LogP contribution in [0.1, 0.15) is 29.3 Å². The molecule has 0 radical (unpaired) electrons. The quantitative estimate of drug-likeness (QED) is 0.160. The molecular weight excluding hydrogens is 545 g/mol. The van der Waals surface area contributed by atoms with Crippen LogP contribution in [0.15, 0.2) is 66.6 Å². The number of ether oxygens (including phenoxy) is 1. The average molecular weight is 571 g/mol. The Morgan fingerprint density at radius 3 is 2.60 bits per heavy atom. The minimum Gasteiger partial charge on any atom is -0.481 e. The number of anilines is 4. The molecule has 6 heterocycles. The molecule has 0 atom stereocenters. The van der Waals surface area contributed by atoms with Crippen LogP contribution in [-0.4, -0.2) is 47.4 Å². The van der Waals surface area contributed by atoms with E-state index in [0.717, 1.165) is 49.2 Å². The van der Waals surface area contributed by atoms with Gasteiger partial charge in [-0.2, -0.15) is 15.2 Å². The standard InChI is InChI=1S/C14H13N5S.C13H13N5OS/c1-2-6-15-12(3-1)18-14-17-11(8-20-14)10-7-16-19-13(10)9-4-5-9;1-8-12(9-6-14-15-7-9)18-13(20-8)17-10-4-3-5-11(16-10)19-2/h1-3,6-9H,4-5H2,(H,16,19)(H,15,17,18);3-7H,1-2H3,(H,14,15)(H,16,17,18). The molecule has 202 valence electrons. The van der Waals surface area contributed by atoms with Gasteiger partial charge in [0.15, 0.2) is 10.3 Å². The third kappa shape index (κ3) is 6.00. The van der Waals surface area contributed by atoms with Crippen molar-refractivity contribution in [1.82, 2.24) is 40.3 Å². The van der Waals surface area contributed by atoms with E-state index < -0.39 is 0 Å². The summed E-state index contributed by atoms with van der Waals surface area (Å²) < 4.78 is 5.10. The first kappa shape index (κ1) is 25.6. The highest BCUT2D eigenvalue weighted by molar-refractivity contribution is 7.16. The van der Waals surface area contributed by atoms with E-state index in [2.05, 4.69) is 56.3 Å². The fraction of sp³-hybridized carbons (Fsp3) is 0.185. The first-order chi connectivity index (χ1) is 19.7. The Bertz CT molecular complexity index is 1670. The van der Waals surface area contributed by atoms with E-state index in [0.29, 0.717) is 17.6 Å². The van der Waals surface area contributed by atoms with Gasteiger partial charge in [0.25, 0.3) is 0 Å². The second-order valence-corrected chi connectivity index (χ2v) is 11.0. The summed E-state index contributed by atoms with van der Waals surface area (Å²) in [5, 5.41) is 24.2. The Morgan fingerprint density at radius 1 is 0.950 bits per heavy atom. The van der Waals surface area contributed by atoms with E-state index in [-0.39, 0.29) is 0 Å². The largest absolute Gasteiger partial charge is 0.481 e. The molecule has 0 aliphatic heterocycles. The Morgan fingerprint density at radius 2 is 1.82 bits per heavy atom. The van der Waals surface area contributed by atoms with Crippen LogP contribution in [0.4, 0.5) is 21.9 Å². The number of nitrogens with one attached hydrogen (secondary N) is 4. The molecule has 1 aliphatic carbocycles. The Hall–Kier alpha value is -4.62. The molecule has 6 aromatic heterocycles. The summed E-state index contributed by atoms with van der Waals surface area (Å²) in [7, 11) is 1.59. The summed E-state index contributed by atoms with van der Waals surface area (Å²) in [5.74, 6) is 2.70. The van der Waals surface area contributed by atoms with Crippen LogP contribution >= 0.6 is 22.7 Å². The maximum Gasteiger partial charge on any atom is 0.214 e. The van der Waals surface area contributed by atoms with Crippen molar-refractivity contribution >= 4 is 44.6 Å². The van der Waals surface area contributed by atoms with Gasteiger partial charge in [0.1, 0.15) is 11.6 Å². The molecule has 6 aromatic rings. The second kappa shape index (κ2) is 11.6. The number of rotatable bonds is 8. The van der Waals surface area contributed by atoms with Gasteiger partial charge < -0.3 is 15.4 Å². The highest BCUT2D eigenvalue weighted by Crippen LogP contribution is 2.43. The molecule has 11 nitrogen and oxygen atoms in total. The van der Waals surface area contributed by atoms with E-state index in [4.69, 9.17) is 4.74 Å². The molecule has 1 saturated carbocycles. The minimum absolute atomic E-state index is 0.568. The van der Waals surface area contributed by atoms with E-state index in [1.54, 1.807) is 48.2 Å². The Kier molecular flexibility index (Phi) is 7.46. The van der Waals surface area contributed by atoms with Gasteiger partial charge in [-0.25, -0.2) is 15.0 Å². The molecule has 0 aromatic carbocycles. The van der Waals surface area contributed by atoms with E-state index >= 15 is 0 Å². The normalized spacial score (nSPS) is 12.4. The van der Waals surface area contributed by atoms with Gasteiger partial charge in [-0.15, -0.1) is 22.7 Å². The molecule has 0 amide bonds. The summed E-state index contributed by atoms with van der Waals surface area (Å²) in [4.78, 5) is 18.9. The zero-order valence-electron chi connectivity index (χ0n) is 21.8. The van der Waals surface area contributed by atoms with E-state index in [9.17, 15) is 0 Å². The second-order valence-electron chi connectivity index (χ2n) is 8.94. The Labute approximate surface area is 238 Å². The zero-order valence-corrected chi connectivity index (χ0v) is 23.4. The number of pyridine rings is 2. The number of thiazole rings is 2. The topological polar surface area (TPSA) is 142 Å². The number of nitrogens with zero attached hydrogens (tertiary/aromatic N) is 6. The van der Waals surface area contributed by atoms with Crippen LogP contribution in [0.2, 0.25) is 0 Å². The van der Waals surface area contributed by atoms with Crippen molar-refractivity contribution in [2.75, 3.05) is 17.7 Å². The van der Waals surface area contributed by atoms with Crippen molar-refractivity contribution in [3.8, 4) is 28.4 Å². The number of aromatic nitrogens is 8. The van der Waals surface area contributed by atoms with E-state index in [1.807, 2.05) is 49.6 Å². The molecule has 1 aliphatic rings. The zero-order chi connectivity index (χ0) is 27.3. The molecule has 13 heteroatoms. The van der Waals surface area contributed by atoms with Crippen LogP contribution < -0.4 is 15.4 Å². The first-order valence-electron chi connectivity index (χ1n) is 12.6. The molecule has 7 rings (SSSR count). The van der Waals surface area contributed by atoms with Crippen molar-refractivity contribution in [3.05, 3.63) is 77.1 Å². The maximum absolute atomic E-state index is 5.10. The van der Waals surface area contributed by atoms with Gasteiger partial charge in [-0.05, 0) is 38.0 Å². The molecule has 1 fully saturated rings. The van der Waals surface area contributed by atoms with Crippen LogP contribution in [0.5, 0.6) is 5.88 Å². The van der Waals surface area contributed by atoms with Crippen molar-refractivity contribution in [1.29, 1.82) is 0 Å². The lowest BCUT2D eigenvalue weighted by Crippen LogP contribution is -1.94. The van der Waals surface area contributed by atoms with Gasteiger partial charge in [0.2, 0.25) is 5.88 Å². The molecular formula is C27H26N10OS2. The number of hydrogen-bond donors (Lipinski definition) is 4. The SMILES string of the molecule is COc1cccc(Nc2nc(-c3cn[nH]c3)c(C)s2)n1.c1ccc(Nc2nc(-c3c[nH]nc3C3CC3)cs2)nc1. The van der Waals surface area contributed by atoms with Gasteiger partial charge in [-0.1, -0.05) is 12.1 Å². The monoisotopic (exact) mass is 570 g/mol. The summed E-state index contributed by atoms with van der Waals surface area (Å²) in [6, 6.07) is 11.3. The predicted octanol–water partition coefficient (Wildman–Crippen LogP) is 6.54. The Balaban J connectivity index is 0.000000145. The van der Waals surface area contributed by atoms with Crippen LogP contribution in [0, 0.1) is 6.92 Å². The van der Waals surface area contributed by atoms with Crippen LogP contribution in [0.3, 0.4) is 0 Å². The first-order valence-corrected chi connectivity index (χ1v) is 14.3. The smallest absolute Gasteiger partial charge is 0.214 e. The molecule has 4 N–H and O–H groups in total. The summed E-state index contributed by atoms with van der Waals surface area (Å²) >= 11 is 3.16. The fourth-order valence-corrected chi connectivity index (χ4v) is 5.54. The minimum atomic E-state index is 0.568. The molecule has 40 heavy (non-hydrogen) atoms. The lowest BCUT2D eigenvalue weighted by molar-refractivity contribution is 0.398. The maximum atomic E-state index is 5.10. The van der Waals surface area contributed by atoms with Gasteiger partial charge >= 0.3 is 0 Å². The number of methoxy groups -OCH3 is 1. The van der Waals surface area contributed by atoms with Crippen molar-refractivity contribution in [3.63, 3.8) is 0 Å². The van der Waals surface area contributed by atoms with Gasteiger partial charge in [0.05, 0.1) is 30.4 Å². The highest BCUT2D eigenvalue weighted by atomic mass is 32.1. The number of aromatic amines is 2. The van der Waals surface area contributed by atoms with Crippen LogP contribution in [-0.2, 0) is 0 Å².